The van der Waals surface area contributed by atoms with Crippen LogP contribution in [-0.4, -0.2) is 42.5 Å². The molecular formula is C16H22N2O3. The number of ether oxygens (including phenoxy) is 1. The lowest BCUT2D eigenvalue weighted by Crippen LogP contribution is -2.55. The van der Waals surface area contributed by atoms with Crippen molar-refractivity contribution in [1.82, 2.24) is 10.2 Å². The molecule has 0 radical (unpaired) electrons. The maximum Gasteiger partial charge on any atom is 0.307 e. The second-order valence-electron chi connectivity index (χ2n) is 5.27. The number of benzene rings is 1. The van der Waals surface area contributed by atoms with Gasteiger partial charge in [0.2, 0.25) is 5.91 Å². The third-order valence-electron chi connectivity index (χ3n) is 3.61. The molecule has 1 saturated heterocycles. The van der Waals surface area contributed by atoms with E-state index in [9.17, 15) is 9.59 Å². The molecule has 1 aromatic rings. The number of piperazine rings is 1. The van der Waals surface area contributed by atoms with Gasteiger partial charge in [-0.05, 0) is 19.4 Å². The average molecular weight is 290 g/mol. The number of nitrogens with one attached hydrogen (secondary N) is 1. The molecule has 0 bridgehead atoms. The van der Waals surface area contributed by atoms with Gasteiger partial charge in [-0.1, -0.05) is 29.8 Å². The number of hydrogen-bond acceptors (Lipinski definition) is 4. The molecule has 1 unspecified atom stereocenters. The largest absolute Gasteiger partial charge is 0.466 e. The zero-order valence-corrected chi connectivity index (χ0v) is 12.6. The van der Waals surface area contributed by atoms with E-state index in [0.717, 1.165) is 12.1 Å². The van der Waals surface area contributed by atoms with E-state index in [2.05, 4.69) is 29.6 Å². The number of hydrogen-bond donors (Lipinski definition) is 1. The van der Waals surface area contributed by atoms with E-state index in [1.165, 1.54) is 5.56 Å². The van der Waals surface area contributed by atoms with Gasteiger partial charge in [0, 0.05) is 19.6 Å². The highest BCUT2D eigenvalue weighted by Gasteiger charge is 2.31. The fourth-order valence-corrected chi connectivity index (χ4v) is 2.48. The Labute approximate surface area is 125 Å². The van der Waals surface area contributed by atoms with E-state index in [4.69, 9.17) is 4.74 Å². The van der Waals surface area contributed by atoms with Crippen molar-refractivity contribution in [2.45, 2.75) is 32.9 Å². The number of carbonyl (C=O) groups excluding carboxylic acids is 2. The van der Waals surface area contributed by atoms with Crippen molar-refractivity contribution in [3.63, 3.8) is 0 Å². The Bertz CT molecular complexity index is 499. The molecule has 114 valence electrons. The van der Waals surface area contributed by atoms with Crippen LogP contribution in [0.4, 0.5) is 0 Å². The Morgan fingerprint density at radius 3 is 2.76 bits per heavy atom. The summed E-state index contributed by atoms with van der Waals surface area (Å²) in [6, 6.07) is 7.78. The normalized spacial score (nSPS) is 19.1. The molecule has 1 aliphatic rings. The summed E-state index contributed by atoms with van der Waals surface area (Å²) in [5.74, 6) is -0.421. The van der Waals surface area contributed by atoms with E-state index < -0.39 is 6.04 Å². The van der Waals surface area contributed by atoms with Gasteiger partial charge in [-0.2, -0.15) is 0 Å². The molecule has 0 spiro atoms. The second kappa shape index (κ2) is 7.22. The highest BCUT2D eigenvalue weighted by atomic mass is 16.5. The summed E-state index contributed by atoms with van der Waals surface area (Å²) in [6.07, 6.45) is 0.103. The van der Waals surface area contributed by atoms with Crippen LogP contribution >= 0.6 is 0 Å². The zero-order valence-electron chi connectivity index (χ0n) is 12.6. The topological polar surface area (TPSA) is 58.6 Å². The first kappa shape index (κ1) is 15.5. The Kier molecular flexibility index (Phi) is 5.33. The Hall–Kier alpha value is -1.88. The summed E-state index contributed by atoms with van der Waals surface area (Å²) in [6.45, 7) is 6.17. The number of nitrogens with zero attached hydrogens (tertiary/aromatic N) is 1. The van der Waals surface area contributed by atoms with Gasteiger partial charge in [-0.25, -0.2) is 0 Å². The van der Waals surface area contributed by atoms with Gasteiger partial charge >= 0.3 is 5.97 Å². The minimum atomic E-state index is -0.445. The van der Waals surface area contributed by atoms with Gasteiger partial charge in [0.1, 0.15) is 6.04 Å². The number of aryl methyl sites for hydroxylation is 1. The molecule has 1 aliphatic heterocycles. The van der Waals surface area contributed by atoms with Crippen LogP contribution in [0.2, 0.25) is 0 Å². The summed E-state index contributed by atoms with van der Waals surface area (Å²) in [5, 5.41) is 2.82. The smallest absolute Gasteiger partial charge is 0.307 e. The van der Waals surface area contributed by atoms with Crippen LogP contribution in [0.3, 0.4) is 0 Å². The molecule has 1 aromatic carbocycles. The molecule has 0 aromatic heterocycles. The first-order valence-corrected chi connectivity index (χ1v) is 7.33. The molecule has 1 amide bonds. The van der Waals surface area contributed by atoms with Crippen LogP contribution in [0, 0.1) is 6.92 Å². The van der Waals surface area contributed by atoms with E-state index >= 15 is 0 Å². The Morgan fingerprint density at radius 2 is 2.10 bits per heavy atom. The average Bonchev–Trinajstić information content (AvgIpc) is 2.45. The van der Waals surface area contributed by atoms with Gasteiger partial charge < -0.3 is 10.1 Å². The molecule has 1 fully saturated rings. The van der Waals surface area contributed by atoms with Crippen molar-refractivity contribution in [3.8, 4) is 0 Å². The number of carbonyl (C=O) groups is 2. The Balaban J connectivity index is 2.05. The van der Waals surface area contributed by atoms with Gasteiger partial charge in [0.25, 0.3) is 0 Å². The molecule has 5 nitrogen and oxygen atoms in total. The fraction of sp³-hybridized carbons (Fsp3) is 0.500. The number of rotatable bonds is 5. The molecular weight excluding hydrogens is 268 g/mol. The standard InChI is InChI=1S/C16H22N2O3/c1-3-21-15(19)10-14-16(20)17-8-9-18(14)11-13-6-4-12(2)5-7-13/h4-7,14H,3,8-11H2,1-2H3,(H,17,20). The Morgan fingerprint density at radius 1 is 1.38 bits per heavy atom. The molecule has 5 heteroatoms. The predicted molar refractivity (Wildman–Crippen MR) is 79.6 cm³/mol. The molecule has 1 atom stereocenters. The summed E-state index contributed by atoms with van der Waals surface area (Å²) in [7, 11) is 0. The second-order valence-corrected chi connectivity index (χ2v) is 5.27. The molecule has 0 saturated carbocycles. The monoisotopic (exact) mass is 290 g/mol. The van der Waals surface area contributed by atoms with Crippen molar-refractivity contribution in [2.24, 2.45) is 0 Å². The summed E-state index contributed by atoms with van der Waals surface area (Å²) < 4.78 is 4.96. The molecule has 21 heavy (non-hydrogen) atoms. The molecule has 2 rings (SSSR count). The van der Waals surface area contributed by atoms with Crippen LogP contribution in [0.25, 0.3) is 0 Å². The SMILES string of the molecule is CCOC(=O)CC1C(=O)NCCN1Cc1ccc(C)cc1. The van der Waals surface area contributed by atoms with Gasteiger partial charge in [-0.15, -0.1) is 0 Å². The van der Waals surface area contributed by atoms with E-state index in [-0.39, 0.29) is 18.3 Å². The third kappa shape index (κ3) is 4.29. The first-order chi connectivity index (χ1) is 10.1. The first-order valence-electron chi connectivity index (χ1n) is 7.33. The van der Waals surface area contributed by atoms with E-state index in [1.54, 1.807) is 6.92 Å². The van der Waals surface area contributed by atoms with Crippen molar-refractivity contribution in [1.29, 1.82) is 0 Å². The molecule has 1 N–H and O–H groups in total. The van der Waals surface area contributed by atoms with Crippen LogP contribution < -0.4 is 5.32 Å². The molecule has 0 aliphatic carbocycles. The lowest BCUT2D eigenvalue weighted by atomic mass is 10.1. The maximum absolute atomic E-state index is 12.0. The van der Waals surface area contributed by atoms with Crippen LogP contribution in [-0.2, 0) is 20.9 Å². The lowest BCUT2D eigenvalue weighted by molar-refractivity contribution is -0.148. The summed E-state index contributed by atoms with van der Waals surface area (Å²) >= 11 is 0. The highest BCUT2D eigenvalue weighted by molar-refractivity contribution is 5.87. The quantitative estimate of drug-likeness (QED) is 0.829. The number of esters is 1. The van der Waals surface area contributed by atoms with Crippen LogP contribution in [0.5, 0.6) is 0 Å². The minimum absolute atomic E-state index is 0.0959. The highest BCUT2D eigenvalue weighted by Crippen LogP contribution is 2.15. The van der Waals surface area contributed by atoms with Crippen molar-refractivity contribution >= 4 is 11.9 Å². The lowest BCUT2D eigenvalue weighted by Gasteiger charge is -2.34. The molecule has 1 heterocycles. The third-order valence-corrected chi connectivity index (χ3v) is 3.61. The summed E-state index contributed by atoms with van der Waals surface area (Å²) in [4.78, 5) is 25.7. The van der Waals surface area contributed by atoms with Gasteiger partial charge in [0.15, 0.2) is 0 Å². The van der Waals surface area contributed by atoms with Crippen LogP contribution in [0.1, 0.15) is 24.5 Å². The van der Waals surface area contributed by atoms with Gasteiger partial charge in [0.05, 0.1) is 13.0 Å². The zero-order chi connectivity index (χ0) is 15.2. The summed E-state index contributed by atoms with van der Waals surface area (Å²) in [5.41, 5.74) is 2.35. The predicted octanol–water partition coefficient (Wildman–Crippen LogP) is 1.25. The fourth-order valence-electron chi connectivity index (χ4n) is 2.48. The van der Waals surface area contributed by atoms with Crippen molar-refractivity contribution in [3.05, 3.63) is 35.4 Å². The van der Waals surface area contributed by atoms with E-state index in [1.807, 2.05) is 11.8 Å². The van der Waals surface area contributed by atoms with Crippen molar-refractivity contribution in [2.75, 3.05) is 19.7 Å². The maximum atomic E-state index is 12.0. The van der Waals surface area contributed by atoms with Crippen molar-refractivity contribution < 1.29 is 14.3 Å². The van der Waals surface area contributed by atoms with E-state index in [0.29, 0.717) is 19.7 Å². The van der Waals surface area contributed by atoms with Gasteiger partial charge in [-0.3, -0.25) is 14.5 Å². The minimum Gasteiger partial charge on any atom is -0.466 e. The van der Waals surface area contributed by atoms with Crippen LogP contribution in [0.15, 0.2) is 24.3 Å². The number of amides is 1.